The number of hydrogen-bond donors (Lipinski definition) is 1. The molecule has 0 saturated carbocycles. The number of allylic oxidation sites excluding steroid dienone is 2. The van der Waals surface area contributed by atoms with Crippen molar-refractivity contribution in [3.8, 4) is 0 Å². The van der Waals surface area contributed by atoms with E-state index >= 15 is 0 Å². The van der Waals surface area contributed by atoms with Gasteiger partial charge in [0.05, 0.1) is 0 Å². The molecule has 0 bridgehead atoms. The number of nitrogens with zero attached hydrogens (tertiary/aromatic N) is 1. The van der Waals surface area contributed by atoms with E-state index in [9.17, 15) is 4.79 Å². The third kappa shape index (κ3) is 2.71. The summed E-state index contributed by atoms with van der Waals surface area (Å²) in [5, 5.41) is 8.29. The maximum Gasteiger partial charge on any atom is 0.329 e. The van der Waals surface area contributed by atoms with Crippen molar-refractivity contribution in [2.45, 2.75) is 0 Å². The van der Waals surface area contributed by atoms with Gasteiger partial charge in [0, 0.05) is 25.0 Å². The number of carboxylic acid groups (broad SMARTS) is 1. The Balaban J connectivity index is 2.44. The Kier molecular flexibility index (Phi) is 2.49. The molecule has 0 amide bonds. The highest BCUT2D eigenvalue weighted by atomic mass is 16.4. The molecule has 0 saturated heterocycles. The fourth-order valence-corrected chi connectivity index (χ4v) is 0.752. The maximum absolute atomic E-state index is 10.1. The first kappa shape index (κ1) is 7.60. The number of carbonyl (C=O) groups is 1. The van der Waals surface area contributed by atoms with Gasteiger partial charge in [-0.1, -0.05) is 12.2 Å². The van der Waals surface area contributed by atoms with Gasteiger partial charge in [-0.05, 0) is 6.08 Å². The summed E-state index contributed by atoms with van der Waals surface area (Å²) in [4.78, 5) is 11.9. The summed E-state index contributed by atoms with van der Waals surface area (Å²) < 4.78 is 0. The fourth-order valence-electron chi connectivity index (χ4n) is 0.752. The lowest BCUT2D eigenvalue weighted by Crippen LogP contribution is -2.11. The zero-order chi connectivity index (χ0) is 8.10. The van der Waals surface area contributed by atoms with Crippen molar-refractivity contribution in [2.24, 2.45) is 0 Å². The average Bonchev–Trinajstić information content (AvgIpc) is 2.03. The van der Waals surface area contributed by atoms with Crippen LogP contribution in [0.3, 0.4) is 0 Å². The van der Waals surface area contributed by atoms with Crippen LogP contribution in [0.2, 0.25) is 0 Å². The molecule has 0 fully saturated rings. The molecular weight excluding hydrogens is 142 g/mol. The van der Waals surface area contributed by atoms with Crippen LogP contribution in [0, 0.1) is 0 Å². The Morgan fingerprint density at radius 2 is 2.36 bits per heavy atom. The molecule has 0 spiro atoms. The SMILES string of the molecule is O=C(O)/C=C/N1C=CC=CC1. The number of hydrogen-bond acceptors (Lipinski definition) is 2. The number of carboxylic acids is 1. The molecule has 0 aromatic carbocycles. The molecule has 0 aromatic heterocycles. The van der Waals surface area contributed by atoms with Gasteiger partial charge in [0.1, 0.15) is 0 Å². The van der Waals surface area contributed by atoms with Gasteiger partial charge in [-0.25, -0.2) is 4.79 Å². The Morgan fingerprint density at radius 1 is 1.55 bits per heavy atom. The Hall–Kier alpha value is -1.51. The van der Waals surface area contributed by atoms with E-state index in [-0.39, 0.29) is 0 Å². The van der Waals surface area contributed by atoms with Gasteiger partial charge in [-0.2, -0.15) is 0 Å². The van der Waals surface area contributed by atoms with E-state index in [0.29, 0.717) is 0 Å². The van der Waals surface area contributed by atoms with Crippen molar-refractivity contribution in [3.63, 3.8) is 0 Å². The summed E-state index contributed by atoms with van der Waals surface area (Å²) in [7, 11) is 0. The summed E-state index contributed by atoms with van der Waals surface area (Å²) >= 11 is 0. The van der Waals surface area contributed by atoms with Crippen LogP contribution in [0.5, 0.6) is 0 Å². The molecule has 1 aliphatic heterocycles. The van der Waals surface area contributed by atoms with Crippen LogP contribution in [0.4, 0.5) is 0 Å². The highest BCUT2D eigenvalue weighted by Crippen LogP contribution is 1.98. The molecule has 3 heteroatoms. The lowest BCUT2D eigenvalue weighted by Gasteiger charge is -2.13. The Morgan fingerprint density at radius 3 is 2.91 bits per heavy atom. The monoisotopic (exact) mass is 151 g/mol. The van der Waals surface area contributed by atoms with Crippen LogP contribution < -0.4 is 0 Å². The number of aliphatic carboxylic acids is 1. The van der Waals surface area contributed by atoms with E-state index < -0.39 is 5.97 Å². The van der Waals surface area contributed by atoms with E-state index in [1.54, 1.807) is 4.90 Å². The van der Waals surface area contributed by atoms with E-state index in [1.165, 1.54) is 6.20 Å². The second-order valence-electron chi connectivity index (χ2n) is 2.12. The molecule has 1 aliphatic rings. The van der Waals surface area contributed by atoms with Gasteiger partial charge in [0.2, 0.25) is 0 Å². The smallest absolute Gasteiger partial charge is 0.329 e. The van der Waals surface area contributed by atoms with Gasteiger partial charge < -0.3 is 10.0 Å². The van der Waals surface area contributed by atoms with Gasteiger partial charge >= 0.3 is 5.97 Å². The largest absolute Gasteiger partial charge is 0.478 e. The molecular formula is C8H9NO2. The molecule has 0 aromatic rings. The van der Waals surface area contributed by atoms with Crippen molar-refractivity contribution >= 4 is 5.97 Å². The maximum atomic E-state index is 10.1. The standard InChI is InChI=1S/C8H9NO2/c10-8(11)4-7-9-5-2-1-3-6-9/h1-5,7H,6H2,(H,10,11)/b7-4+. The Bertz CT molecular complexity index is 228. The summed E-state index contributed by atoms with van der Waals surface area (Å²) in [6.07, 6.45) is 10.2. The first-order valence-corrected chi connectivity index (χ1v) is 3.29. The molecule has 1 rings (SSSR count). The number of rotatable bonds is 2. The predicted molar refractivity (Wildman–Crippen MR) is 41.8 cm³/mol. The fraction of sp³-hybridized carbons (Fsp3) is 0.125. The van der Waals surface area contributed by atoms with Crippen molar-refractivity contribution in [1.82, 2.24) is 4.90 Å². The lowest BCUT2D eigenvalue weighted by atomic mass is 10.3. The highest BCUT2D eigenvalue weighted by molar-refractivity contribution is 5.79. The minimum atomic E-state index is -0.923. The first-order chi connectivity index (χ1) is 5.29. The summed E-state index contributed by atoms with van der Waals surface area (Å²) in [5.41, 5.74) is 0. The molecule has 0 unspecified atom stereocenters. The molecule has 0 aliphatic carbocycles. The van der Waals surface area contributed by atoms with Crippen molar-refractivity contribution < 1.29 is 9.90 Å². The summed E-state index contributed by atoms with van der Waals surface area (Å²) in [5.74, 6) is -0.923. The summed E-state index contributed by atoms with van der Waals surface area (Å²) in [6, 6.07) is 0. The second-order valence-corrected chi connectivity index (χ2v) is 2.12. The normalized spacial score (nSPS) is 16.2. The molecule has 1 heterocycles. The van der Waals surface area contributed by atoms with Crippen LogP contribution in [0.1, 0.15) is 0 Å². The average molecular weight is 151 g/mol. The van der Waals surface area contributed by atoms with Gasteiger partial charge in [-0.15, -0.1) is 0 Å². The second kappa shape index (κ2) is 3.61. The minimum absolute atomic E-state index is 0.736. The van der Waals surface area contributed by atoms with Crippen molar-refractivity contribution in [1.29, 1.82) is 0 Å². The van der Waals surface area contributed by atoms with Crippen LogP contribution in [0.15, 0.2) is 36.7 Å². The third-order valence-electron chi connectivity index (χ3n) is 1.25. The lowest BCUT2D eigenvalue weighted by molar-refractivity contribution is -0.131. The molecule has 3 nitrogen and oxygen atoms in total. The molecule has 58 valence electrons. The van der Waals surface area contributed by atoms with E-state index in [0.717, 1.165) is 12.6 Å². The van der Waals surface area contributed by atoms with Crippen LogP contribution in [-0.2, 0) is 4.79 Å². The molecule has 11 heavy (non-hydrogen) atoms. The van der Waals surface area contributed by atoms with Crippen LogP contribution >= 0.6 is 0 Å². The van der Waals surface area contributed by atoms with Gasteiger partial charge in [-0.3, -0.25) is 0 Å². The van der Waals surface area contributed by atoms with Crippen LogP contribution in [0.25, 0.3) is 0 Å². The van der Waals surface area contributed by atoms with Crippen molar-refractivity contribution in [2.75, 3.05) is 6.54 Å². The zero-order valence-electron chi connectivity index (χ0n) is 5.97. The van der Waals surface area contributed by atoms with Gasteiger partial charge in [0.25, 0.3) is 0 Å². The van der Waals surface area contributed by atoms with Crippen molar-refractivity contribution in [3.05, 3.63) is 36.7 Å². The predicted octanol–water partition coefficient (Wildman–Crippen LogP) is 0.970. The molecule has 0 atom stereocenters. The summed E-state index contributed by atoms with van der Waals surface area (Å²) in [6.45, 7) is 0.736. The van der Waals surface area contributed by atoms with E-state index in [2.05, 4.69) is 0 Å². The van der Waals surface area contributed by atoms with Gasteiger partial charge in [0.15, 0.2) is 0 Å². The minimum Gasteiger partial charge on any atom is -0.478 e. The molecule has 0 radical (unpaired) electrons. The first-order valence-electron chi connectivity index (χ1n) is 3.29. The zero-order valence-corrected chi connectivity index (χ0v) is 5.97. The quantitative estimate of drug-likeness (QED) is 0.598. The highest BCUT2D eigenvalue weighted by Gasteiger charge is 1.94. The topological polar surface area (TPSA) is 40.5 Å². The van der Waals surface area contributed by atoms with Crippen LogP contribution in [-0.4, -0.2) is 22.5 Å². The third-order valence-corrected chi connectivity index (χ3v) is 1.25. The van der Waals surface area contributed by atoms with E-state index in [4.69, 9.17) is 5.11 Å². The molecule has 1 N–H and O–H groups in total. The Labute approximate surface area is 64.9 Å². The van der Waals surface area contributed by atoms with E-state index in [1.807, 2.05) is 24.4 Å².